The zero-order valence-corrected chi connectivity index (χ0v) is 17.1. The zero-order chi connectivity index (χ0) is 20.4. The molecule has 2 heterocycles. The summed E-state index contributed by atoms with van der Waals surface area (Å²) in [4.78, 5) is 14.0. The first-order chi connectivity index (χ1) is 13.1. The highest BCUT2D eigenvalue weighted by Crippen LogP contribution is 2.24. The number of sulfonamides is 1. The van der Waals surface area contributed by atoms with Gasteiger partial charge in [-0.1, -0.05) is 32.9 Å². The van der Waals surface area contributed by atoms with Crippen LogP contribution in [0, 0.1) is 0 Å². The smallest absolute Gasteiger partial charge is 0.256 e. The lowest BCUT2D eigenvalue weighted by atomic mass is 9.87. The first kappa shape index (κ1) is 20.1. The Bertz CT molecular complexity index is 939. The maximum atomic E-state index is 12.3. The van der Waals surface area contributed by atoms with E-state index in [0.717, 1.165) is 5.75 Å². The van der Waals surface area contributed by atoms with Gasteiger partial charge in [0.15, 0.2) is 0 Å². The van der Waals surface area contributed by atoms with E-state index in [1.54, 1.807) is 23.3 Å². The molecule has 28 heavy (non-hydrogen) atoms. The van der Waals surface area contributed by atoms with Gasteiger partial charge in [-0.25, -0.2) is 8.42 Å². The summed E-state index contributed by atoms with van der Waals surface area (Å²) in [6.45, 7) is 7.47. The number of amides is 1. The SMILES string of the molecule is CC(C)(C)c1ccc(OCCNC(=O)C2=CN3CCS(=O)(=O)N=C3C=C2)cc1. The van der Waals surface area contributed by atoms with Crippen molar-refractivity contribution < 1.29 is 17.9 Å². The number of hydrogen-bond acceptors (Lipinski definition) is 5. The molecule has 3 rings (SSSR count). The Hall–Kier alpha value is -2.61. The van der Waals surface area contributed by atoms with Crippen LogP contribution < -0.4 is 10.1 Å². The van der Waals surface area contributed by atoms with E-state index in [0.29, 0.717) is 24.6 Å². The van der Waals surface area contributed by atoms with Crippen LogP contribution in [0.1, 0.15) is 26.3 Å². The van der Waals surface area contributed by atoms with Gasteiger partial charge in [-0.05, 0) is 35.3 Å². The van der Waals surface area contributed by atoms with E-state index in [2.05, 4.69) is 30.5 Å². The van der Waals surface area contributed by atoms with Gasteiger partial charge in [0.2, 0.25) is 0 Å². The Morgan fingerprint density at radius 1 is 1.21 bits per heavy atom. The molecule has 7 nitrogen and oxygen atoms in total. The third-order valence-corrected chi connectivity index (χ3v) is 5.63. The largest absolute Gasteiger partial charge is 0.492 e. The van der Waals surface area contributed by atoms with Gasteiger partial charge in [0.1, 0.15) is 18.2 Å². The Morgan fingerprint density at radius 2 is 1.93 bits per heavy atom. The maximum absolute atomic E-state index is 12.3. The highest BCUT2D eigenvalue weighted by molar-refractivity contribution is 7.90. The molecule has 8 heteroatoms. The first-order valence-electron chi connectivity index (χ1n) is 9.15. The number of nitrogens with one attached hydrogen (secondary N) is 1. The fourth-order valence-corrected chi connectivity index (χ4v) is 3.79. The fourth-order valence-electron chi connectivity index (χ4n) is 2.82. The Kier molecular flexibility index (Phi) is 5.60. The number of benzene rings is 1. The quantitative estimate of drug-likeness (QED) is 0.760. The van der Waals surface area contributed by atoms with Crippen LogP contribution in [0.3, 0.4) is 0 Å². The molecule has 0 saturated heterocycles. The third-order valence-electron chi connectivity index (χ3n) is 4.46. The molecular weight excluding hydrogens is 378 g/mol. The minimum atomic E-state index is -3.40. The standard InChI is InChI=1S/C20H25N3O4S/c1-20(2,3)16-5-7-17(8-6-16)27-12-10-21-19(24)15-4-9-18-22-28(25,26)13-11-23(18)14-15/h4-9,14H,10-13H2,1-3H3,(H,21,24). The van der Waals surface area contributed by atoms with Crippen LogP contribution in [-0.4, -0.2) is 50.5 Å². The van der Waals surface area contributed by atoms with Crippen molar-refractivity contribution in [3.8, 4) is 5.75 Å². The topological polar surface area (TPSA) is 88.1 Å². The predicted molar refractivity (Wildman–Crippen MR) is 109 cm³/mol. The van der Waals surface area contributed by atoms with E-state index in [1.807, 2.05) is 24.3 Å². The molecule has 1 N–H and O–H groups in total. The van der Waals surface area contributed by atoms with Crippen molar-refractivity contribution in [3.63, 3.8) is 0 Å². The average molecular weight is 404 g/mol. The molecular formula is C20H25N3O4S. The van der Waals surface area contributed by atoms with Gasteiger partial charge in [-0.15, -0.1) is 4.40 Å². The molecule has 0 fully saturated rings. The predicted octanol–water partition coefficient (Wildman–Crippen LogP) is 1.98. The van der Waals surface area contributed by atoms with E-state index >= 15 is 0 Å². The van der Waals surface area contributed by atoms with Crippen molar-refractivity contribution in [2.75, 3.05) is 25.4 Å². The average Bonchev–Trinajstić information content (AvgIpc) is 2.63. The number of nitrogens with zero attached hydrogens (tertiary/aromatic N) is 2. The van der Waals surface area contributed by atoms with Gasteiger partial charge in [-0.3, -0.25) is 4.79 Å². The summed E-state index contributed by atoms with van der Waals surface area (Å²) < 4.78 is 32.4. The van der Waals surface area contributed by atoms with Gasteiger partial charge < -0.3 is 15.0 Å². The summed E-state index contributed by atoms with van der Waals surface area (Å²) in [6, 6.07) is 7.95. The highest BCUT2D eigenvalue weighted by atomic mass is 32.2. The second-order valence-electron chi connectivity index (χ2n) is 7.73. The molecule has 0 atom stereocenters. The summed E-state index contributed by atoms with van der Waals surface area (Å²) >= 11 is 0. The van der Waals surface area contributed by atoms with Crippen molar-refractivity contribution in [3.05, 3.63) is 53.8 Å². The molecule has 150 valence electrons. The zero-order valence-electron chi connectivity index (χ0n) is 16.3. The van der Waals surface area contributed by atoms with Crippen LogP contribution >= 0.6 is 0 Å². The van der Waals surface area contributed by atoms with E-state index < -0.39 is 10.0 Å². The summed E-state index contributed by atoms with van der Waals surface area (Å²) in [5.41, 5.74) is 1.78. The molecule has 0 unspecified atom stereocenters. The molecule has 0 radical (unpaired) electrons. The van der Waals surface area contributed by atoms with Crippen molar-refractivity contribution in [1.82, 2.24) is 10.2 Å². The lowest BCUT2D eigenvalue weighted by Gasteiger charge is -2.26. The van der Waals surface area contributed by atoms with E-state index in [1.165, 1.54) is 5.56 Å². The van der Waals surface area contributed by atoms with Crippen LogP contribution in [0.25, 0.3) is 0 Å². The van der Waals surface area contributed by atoms with Crippen LogP contribution in [0.4, 0.5) is 0 Å². The minimum absolute atomic E-state index is 0.0580. The van der Waals surface area contributed by atoms with E-state index in [-0.39, 0.29) is 23.6 Å². The van der Waals surface area contributed by atoms with Crippen molar-refractivity contribution in [2.24, 2.45) is 4.40 Å². The third kappa shape index (κ3) is 5.01. The molecule has 1 amide bonds. The Morgan fingerprint density at radius 3 is 2.61 bits per heavy atom. The Labute approximate surface area is 165 Å². The van der Waals surface area contributed by atoms with Gasteiger partial charge in [0.25, 0.3) is 15.9 Å². The number of carbonyl (C=O) groups excluding carboxylic acids is 1. The van der Waals surface area contributed by atoms with Crippen LogP contribution in [0.2, 0.25) is 0 Å². The minimum Gasteiger partial charge on any atom is -0.492 e. The number of fused-ring (bicyclic) bond motifs is 1. The highest BCUT2D eigenvalue weighted by Gasteiger charge is 2.24. The van der Waals surface area contributed by atoms with E-state index in [4.69, 9.17) is 4.74 Å². The van der Waals surface area contributed by atoms with Crippen LogP contribution in [0.5, 0.6) is 5.75 Å². The molecule has 0 bridgehead atoms. The summed E-state index contributed by atoms with van der Waals surface area (Å²) in [6.07, 6.45) is 4.73. The first-order valence-corrected chi connectivity index (χ1v) is 10.8. The van der Waals surface area contributed by atoms with Crippen molar-refractivity contribution >= 4 is 21.8 Å². The molecule has 2 aliphatic rings. The summed E-state index contributed by atoms with van der Waals surface area (Å²) in [5, 5.41) is 2.80. The molecule has 1 aromatic carbocycles. The van der Waals surface area contributed by atoms with Crippen molar-refractivity contribution in [1.29, 1.82) is 0 Å². The van der Waals surface area contributed by atoms with Gasteiger partial charge >= 0.3 is 0 Å². The number of amidine groups is 1. The Balaban J connectivity index is 1.48. The molecule has 0 aliphatic carbocycles. The molecule has 1 aromatic rings. The number of hydrogen-bond donors (Lipinski definition) is 1. The molecule has 0 spiro atoms. The van der Waals surface area contributed by atoms with Gasteiger partial charge in [0, 0.05) is 12.7 Å². The van der Waals surface area contributed by atoms with Crippen LogP contribution in [0.15, 0.2) is 52.6 Å². The normalized spacial score (nSPS) is 18.0. The van der Waals surface area contributed by atoms with E-state index in [9.17, 15) is 13.2 Å². The molecule has 0 aromatic heterocycles. The number of rotatable bonds is 5. The van der Waals surface area contributed by atoms with Crippen LogP contribution in [-0.2, 0) is 20.2 Å². The lowest BCUT2D eigenvalue weighted by molar-refractivity contribution is -0.117. The number of carbonyl (C=O) groups is 1. The monoisotopic (exact) mass is 403 g/mol. The van der Waals surface area contributed by atoms with Crippen molar-refractivity contribution in [2.45, 2.75) is 26.2 Å². The van der Waals surface area contributed by atoms with Gasteiger partial charge in [0.05, 0.1) is 17.9 Å². The summed E-state index contributed by atoms with van der Waals surface area (Å²) in [5.74, 6) is 0.798. The second-order valence-corrected chi connectivity index (χ2v) is 9.48. The summed E-state index contributed by atoms with van der Waals surface area (Å²) in [7, 11) is -3.40. The lowest BCUT2D eigenvalue weighted by Crippen LogP contribution is -2.38. The number of ether oxygens (including phenoxy) is 1. The maximum Gasteiger partial charge on any atom is 0.256 e. The fraction of sp³-hybridized carbons (Fsp3) is 0.400. The second kappa shape index (κ2) is 7.79. The molecule has 0 saturated carbocycles. The molecule has 2 aliphatic heterocycles. The van der Waals surface area contributed by atoms with Gasteiger partial charge in [-0.2, -0.15) is 0 Å².